The molecule has 0 radical (unpaired) electrons. The zero-order valence-corrected chi connectivity index (χ0v) is 20.5. The van der Waals surface area contributed by atoms with Gasteiger partial charge in [-0.2, -0.15) is 18.3 Å². The Labute approximate surface area is 209 Å². The SMILES string of the molecule is CCCN1CCN(C(=O)Nc2n[nH]c3nc(C)ccc23)c2nc(C(=O)N[C@H](C)C(F)(F)F)c(Cl)cc21. The normalized spacial score (nSPS) is 14.5. The van der Waals surface area contributed by atoms with Gasteiger partial charge in [-0.05, 0) is 38.5 Å². The fraction of sp³-hybridized carbons (Fsp3) is 0.409. The molecule has 0 unspecified atom stereocenters. The van der Waals surface area contributed by atoms with Crippen molar-refractivity contribution in [3.63, 3.8) is 0 Å². The summed E-state index contributed by atoms with van der Waals surface area (Å²) in [5.41, 5.74) is 1.36. The van der Waals surface area contributed by atoms with E-state index in [9.17, 15) is 22.8 Å². The third-order valence-corrected chi connectivity index (χ3v) is 6.00. The summed E-state index contributed by atoms with van der Waals surface area (Å²) in [6, 6.07) is 2.31. The maximum Gasteiger partial charge on any atom is 0.408 e. The molecule has 3 aromatic heterocycles. The first-order chi connectivity index (χ1) is 17.0. The molecule has 3 amide bonds. The van der Waals surface area contributed by atoms with Crippen molar-refractivity contribution in [1.82, 2.24) is 25.5 Å². The number of nitrogens with one attached hydrogen (secondary N) is 3. The van der Waals surface area contributed by atoms with Gasteiger partial charge < -0.3 is 10.2 Å². The highest BCUT2D eigenvalue weighted by Crippen LogP contribution is 2.36. The van der Waals surface area contributed by atoms with Gasteiger partial charge in [0, 0.05) is 25.3 Å². The molecule has 0 spiro atoms. The smallest absolute Gasteiger partial charge is 0.367 e. The van der Waals surface area contributed by atoms with Crippen molar-refractivity contribution in [3.8, 4) is 0 Å². The molecule has 4 rings (SSSR count). The zero-order valence-electron chi connectivity index (χ0n) is 19.7. The van der Waals surface area contributed by atoms with Gasteiger partial charge >= 0.3 is 12.2 Å². The van der Waals surface area contributed by atoms with E-state index < -0.39 is 29.9 Å². The maximum atomic E-state index is 13.3. The van der Waals surface area contributed by atoms with Gasteiger partial charge in [0.15, 0.2) is 17.3 Å². The van der Waals surface area contributed by atoms with Crippen molar-refractivity contribution in [2.75, 3.05) is 34.8 Å². The third-order valence-electron chi connectivity index (χ3n) is 5.71. The maximum absolute atomic E-state index is 13.3. The highest BCUT2D eigenvalue weighted by molar-refractivity contribution is 6.34. The van der Waals surface area contributed by atoms with Gasteiger partial charge in [-0.3, -0.25) is 20.1 Å². The van der Waals surface area contributed by atoms with Crippen molar-refractivity contribution in [2.24, 2.45) is 0 Å². The second-order valence-electron chi connectivity index (χ2n) is 8.39. The number of H-pyrrole nitrogens is 1. The molecule has 14 heteroatoms. The number of alkyl halides is 3. The van der Waals surface area contributed by atoms with Crippen LogP contribution in [0.25, 0.3) is 11.0 Å². The number of nitrogens with zero attached hydrogens (tertiary/aromatic N) is 5. The molecule has 0 aliphatic carbocycles. The number of halogens is 4. The third kappa shape index (κ3) is 5.01. The van der Waals surface area contributed by atoms with E-state index in [-0.39, 0.29) is 23.2 Å². The van der Waals surface area contributed by atoms with Crippen LogP contribution in [0, 0.1) is 6.92 Å². The molecule has 0 saturated carbocycles. The average Bonchev–Trinajstić information content (AvgIpc) is 3.19. The van der Waals surface area contributed by atoms with Gasteiger partial charge in [0.1, 0.15) is 11.7 Å². The molecule has 1 aliphatic heterocycles. The Morgan fingerprint density at radius 3 is 2.69 bits per heavy atom. The molecular weight excluding hydrogens is 501 g/mol. The summed E-state index contributed by atoms with van der Waals surface area (Å²) in [6.07, 6.45) is -3.85. The zero-order chi connectivity index (χ0) is 26.2. The lowest BCUT2D eigenvalue weighted by atomic mass is 10.2. The number of pyridine rings is 2. The van der Waals surface area contributed by atoms with Crippen molar-refractivity contribution in [2.45, 2.75) is 39.4 Å². The predicted molar refractivity (Wildman–Crippen MR) is 130 cm³/mol. The van der Waals surface area contributed by atoms with Crippen molar-refractivity contribution >= 4 is 51.9 Å². The molecule has 10 nitrogen and oxygen atoms in total. The van der Waals surface area contributed by atoms with Crippen LogP contribution in [-0.4, -0.2) is 64.0 Å². The molecular formula is C22H24ClF3N8O2. The second kappa shape index (κ2) is 9.80. The Hall–Kier alpha value is -3.61. The molecule has 3 aromatic rings. The van der Waals surface area contributed by atoms with Crippen LogP contribution in [0.15, 0.2) is 18.2 Å². The first kappa shape index (κ1) is 25.5. The lowest BCUT2D eigenvalue weighted by Gasteiger charge is -2.37. The molecule has 36 heavy (non-hydrogen) atoms. The second-order valence-corrected chi connectivity index (χ2v) is 8.80. The minimum atomic E-state index is -4.64. The number of fused-ring (bicyclic) bond motifs is 2. The standard InChI is InChI=1S/C22H24ClF3N8O2/c1-4-7-33-8-9-34(21(36)30-18-13-6-5-11(2)27-17(13)31-32-18)19-15(33)10-14(23)16(29-19)20(35)28-12(3)22(24,25)26/h5-6,10,12H,4,7-9H2,1-3H3,(H,28,35)(H2,27,30,31,32,36)/t12-/m1/s1. The summed E-state index contributed by atoms with van der Waals surface area (Å²) in [4.78, 5) is 37.7. The van der Waals surface area contributed by atoms with Crippen molar-refractivity contribution < 1.29 is 22.8 Å². The molecule has 1 aliphatic rings. The average molecular weight is 525 g/mol. The van der Waals surface area contributed by atoms with Crippen LogP contribution in [0.4, 0.5) is 35.3 Å². The fourth-order valence-electron chi connectivity index (χ4n) is 3.82. The number of aromatic amines is 1. The molecule has 0 bridgehead atoms. The van der Waals surface area contributed by atoms with Crippen molar-refractivity contribution in [1.29, 1.82) is 0 Å². The molecule has 192 valence electrons. The van der Waals surface area contributed by atoms with E-state index in [1.54, 1.807) is 12.1 Å². The topological polar surface area (TPSA) is 119 Å². The van der Waals surface area contributed by atoms with E-state index in [0.29, 0.717) is 29.8 Å². The van der Waals surface area contributed by atoms with Gasteiger partial charge in [-0.1, -0.05) is 18.5 Å². The summed E-state index contributed by atoms with van der Waals surface area (Å²) < 4.78 is 38.9. The van der Waals surface area contributed by atoms with Gasteiger partial charge in [-0.25, -0.2) is 14.8 Å². The summed E-state index contributed by atoms with van der Waals surface area (Å²) in [7, 11) is 0. The van der Waals surface area contributed by atoms with Crippen molar-refractivity contribution in [3.05, 3.63) is 34.6 Å². The van der Waals surface area contributed by atoms with E-state index in [1.165, 1.54) is 11.0 Å². The molecule has 0 aromatic carbocycles. The number of carbonyl (C=O) groups is 2. The first-order valence-corrected chi connectivity index (χ1v) is 11.6. The van der Waals surface area contributed by atoms with Crippen LogP contribution in [0.1, 0.15) is 36.5 Å². The molecule has 0 fully saturated rings. The Morgan fingerprint density at radius 2 is 2.00 bits per heavy atom. The highest BCUT2D eigenvalue weighted by Gasteiger charge is 2.38. The van der Waals surface area contributed by atoms with Crippen LogP contribution in [0.5, 0.6) is 0 Å². The molecule has 1 atom stereocenters. The summed E-state index contributed by atoms with van der Waals surface area (Å²) in [5, 5.41) is 11.9. The lowest BCUT2D eigenvalue weighted by molar-refractivity contribution is -0.149. The summed E-state index contributed by atoms with van der Waals surface area (Å²) in [5.74, 6) is -0.735. The van der Waals surface area contributed by atoms with E-state index in [0.717, 1.165) is 19.0 Å². The lowest BCUT2D eigenvalue weighted by Crippen LogP contribution is -2.47. The summed E-state index contributed by atoms with van der Waals surface area (Å²) >= 11 is 6.27. The van der Waals surface area contributed by atoms with E-state index in [2.05, 4.69) is 25.5 Å². The number of urea groups is 1. The van der Waals surface area contributed by atoms with Gasteiger partial charge in [0.2, 0.25) is 0 Å². The number of anilines is 3. The van der Waals surface area contributed by atoms with Crippen LogP contribution >= 0.6 is 11.6 Å². The minimum Gasteiger partial charge on any atom is -0.367 e. The van der Waals surface area contributed by atoms with E-state index in [4.69, 9.17) is 11.6 Å². The monoisotopic (exact) mass is 524 g/mol. The van der Waals surface area contributed by atoms with Gasteiger partial charge in [-0.15, -0.1) is 0 Å². The largest absolute Gasteiger partial charge is 0.408 e. The van der Waals surface area contributed by atoms with Crippen LogP contribution in [0.3, 0.4) is 0 Å². The van der Waals surface area contributed by atoms with Gasteiger partial charge in [0.25, 0.3) is 5.91 Å². The number of hydrogen-bond acceptors (Lipinski definition) is 6. The highest BCUT2D eigenvalue weighted by atomic mass is 35.5. The molecule has 4 heterocycles. The van der Waals surface area contributed by atoms with E-state index in [1.807, 2.05) is 24.1 Å². The molecule has 3 N–H and O–H groups in total. The van der Waals surface area contributed by atoms with Crippen LogP contribution < -0.4 is 20.4 Å². The number of aromatic nitrogens is 4. The number of carbonyl (C=O) groups excluding carboxylic acids is 2. The number of hydrogen-bond donors (Lipinski definition) is 3. The number of amides is 3. The Kier molecular flexibility index (Phi) is 6.94. The predicted octanol–water partition coefficient (Wildman–Crippen LogP) is 4.26. The number of rotatable bonds is 5. The number of aryl methyl sites for hydroxylation is 1. The van der Waals surface area contributed by atoms with Gasteiger partial charge in [0.05, 0.1) is 16.1 Å². The summed E-state index contributed by atoms with van der Waals surface area (Å²) in [6.45, 7) is 5.93. The Bertz CT molecular complexity index is 1310. The van der Waals surface area contributed by atoms with Crippen LogP contribution in [0.2, 0.25) is 5.02 Å². The molecule has 0 saturated heterocycles. The Balaban J connectivity index is 1.67. The quantitative estimate of drug-likeness (QED) is 0.459. The van der Waals surface area contributed by atoms with Crippen LogP contribution in [-0.2, 0) is 0 Å². The Morgan fingerprint density at radius 1 is 1.25 bits per heavy atom. The first-order valence-electron chi connectivity index (χ1n) is 11.2. The van der Waals surface area contributed by atoms with E-state index >= 15 is 0 Å². The fourth-order valence-corrected chi connectivity index (χ4v) is 4.05. The minimum absolute atomic E-state index is 0.107.